The molecule has 4 nitrogen and oxygen atoms in total. The molecule has 3 N–H and O–H groups in total. The van der Waals surface area contributed by atoms with E-state index in [-0.39, 0.29) is 11.8 Å². The van der Waals surface area contributed by atoms with Crippen molar-refractivity contribution in [1.29, 1.82) is 0 Å². The number of anilines is 1. The van der Waals surface area contributed by atoms with Crippen LogP contribution >= 0.6 is 0 Å². The number of benzene rings is 1. The van der Waals surface area contributed by atoms with Gasteiger partial charge in [-0.3, -0.25) is 14.9 Å². The minimum absolute atomic E-state index is 0.203. The minimum atomic E-state index is -0.394. The molecule has 0 atom stereocenters. The molecule has 1 fully saturated rings. The quantitative estimate of drug-likeness (QED) is 0.597. The third kappa shape index (κ3) is 2.16. The summed E-state index contributed by atoms with van der Waals surface area (Å²) in [5, 5.41) is 2.34. The number of carbonyl (C=O) groups is 2. The van der Waals surface area contributed by atoms with Crippen molar-refractivity contribution in [2.24, 2.45) is 0 Å². The number of rotatable bonds is 2. The van der Waals surface area contributed by atoms with E-state index in [1.807, 2.05) is 25.1 Å². The van der Waals surface area contributed by atoms with E-state index in [0.29, 0.717) is 18.5 Å². The van der Waals surface area contributed by atoms with Crippen LogP contribution in [0.3, 0.4) is 0 Å². The van der Waals surface area contributed by atoms with Gasteiger partial charge in [0.05, 0.1) is 0 Å². The molecule has 1 saturated heterocycles. The van der Waals surface area contributed by atoms with Gasteiger partial charge in [0.15, 0.2) is 0 Å². The number of nitrogens with two attached hydrogens (primary N) is 1. The summed E-state index contributed by atoms with van der Waals surface area (Å²) in [5.41, 5.74) is 7.00. The number of nitrogen functional groups attached to an aromatic ring is 1. The average molecular weight is 232 g/mol. The highest BCUT2D eigenvalue weighted by molar-refractivity contribution is 5.99. The van der Waals surface area contributed by atoms with Crippen molar-refractivity contribution in [2.75, 3.05) is 5.73 Å². The number of nitrogens with one attached hydrogen (secondary N) is 1. The maximum absolute atomic E-state index is 11.5. The smallest absolute Gasteiger partial charge is 0.227 e. The Morgan fingerprint density at radius 3 is 2.47 bits per heavy atom. The normalized spacial score (nSPS) is 18.9. The maximum Gasteiger partial charge on any atom is 0.227 e. The highest BCUT2D eigenvalue weighted by Crippen LogP contribution is 2.37. The molecule has 2 rings (SSSR count). The predicted octanol–water partition coefficient (Wildman–Crippen LogP) is 1.35. The van der Waals surface area contributed by atoms with Gasteiger partial charge in [-0.25, -0.2) is 0 Å². The molecular formula is C13H16N2O2. The van der Waals surface area contributed by atoms with Crippen LogP contribution in [0, 0.1) is 0 Å². The molecule has 1 heterocycles. The third-order valence-corrected chi connectivity index (χ3v) is 3.45. The van der Waals surface area contributed by atoms with Crippen molar-refractivity contribution in [2.45, 2.75) is 31.6 Å². The van der Waals surface area contributed by atoms with Gasteiger partial charge in [0.2, 0.25) is 11.8 Å². The molecule has 17 heavy (non-hydrogen) atoms. The first-order valence-electron chi connectivity index (χ1n) is 5.74. The molecule has 0 radical (unpaired) electrons. The summed E-state index contributed by atoms with van der Waals surface area (Å²) in [7, 11) is 0. The molecule has 4 heteroatoms. The van der Waals surface area contributed by atoms with Crippen LogP contribution in [0.5, 0.6) is 0 Å². The minimum Gasteiger partial charge on any atom is -0.399 e. The van der Waals surface area contributed by atoms with Crippen LogP contribution in [0.1, 0.15) is 31.7 Å². The van der Waals surface area contributed by atoms with Crippen LogP contribution in [0.25, 0.3) is 0 Å². The maximum atomic E-state index is 11.5. The number of hydrogen-bond acceptors (Lipinski definition) is 3. The lowest BCUT2D eigenvalue weighted by molar-refractivity contribution is -0.135. The number of amides is 2. The lowest BCUT2D eigenvalue weighted by atomic mass is 9.71. The second kappa shape index (κ2) is 4.20. The Kier molecular flexibility index (Phi) is 2.88. The molecule has 1 aliphatic heterocycles. The molecule has 1 aromatic carbocycles. The van der Waals surface area contributed by atoms with Crippen LogP contribution in [0.4, 0.5) is 5.69 Å². The topological polar surface area (TPSA) is 72.2 Å². The van der Waals surface area contributed by atoms with Crippen LogP contribution in [0.15, 0.2) is 24.3 Å². The van der Waals surface area contributed by atoms with E-state index in [1.165, 1.54) is 0 Å². The summed E-state index contributed by atoms with van der Waals surface area (Å²) in [4.78, 5) is 23.1. The van der Waals surface area contributed by atoms with Gasteiger partial charge in [0, 0.05) is 23.9 Å². The summed E-state index contributed by atoms with van der Waals surface area (Å²) >= 11 is 0. The van der Waals surface area contributed by atoms with E-state index in [0.717, 1.165) is 12.0 Å². The number of hydrogen-bond donors (Lipinski definition) is 2. The van der Waals surface area contributed by atoms with Crippen molar-refractivity contribution < 1.29 is 9.59 Å². The fourth-order valence-corrected chi connectivity index (χ4v) is 2.45. The van der Waals surface area contributed by atoms with E-state index in [9.17, 15) is 9.59 Å². The molecule has 0 saturated carbocycles. The first-order valence-corrected chi connectivity index (χ1v) is 5.74. The first-order chi connectivity index (χ1) is 8.05. The number of imide groups is 1. The van der Waals surface area contributed by atoms with Gasteiger partial charge in [-0.2, -0.15) is 0 Å². The number of carbonyl (C=O) groups excluding carboxylic acids is 2. The summed E-state index contributed by atoms with van der Waals surface area (Å²) in [5.74, 6) is -0.406. The Morgan fingerprint density at radius 2 is 1.94 bits per heavy atom. The van der Waals surface area contributed by atoms with E-state index < -0.39 is 5.41 Å². The molecule has 0 aromatic heterocycles. The third-order valence-electron chi connectivity index (χ3n) is 3.45. The Morgan fingerprint density at radius 1 is 1.29 bits per heavy atom. The predicted molar refractivity (Wildman–Crippen MR) is 65.2 cm³/mol. The monoisotopic (exact) mass is 232 g/mol. The van der Waals surface area contributed by atoms with Crippen LogP contribution in [0.2, 0.25) is 0 Å². The van der Waals surface area contributed by atoms with Crippen molar-refractivity contribution in [3.05, 3.63) is 29.8 Å². The highest BCUT2D eigenvalue weighted by atomic mass is 16.2. The molecule has 0 spiro atoms. The molecule has 90 valence electrons. The molecular weight excluding hydrogens is 216 g/mol. The Balaban J connectivity index is 2.43. The second-order valence-electron chi connectivity index (χ2n) is 4.58. The Labute approximate surface area is 100 Å². The fourth-order valence-electron chi connectivity index (χ4n) is 2.45. The highest BCUT2D eigenvalue weighted by Gasteiger charge is 2.39. The summed E-state index contributed by atoms with van der Waals surface area (Å²) in [6.45, 7) is 2.00. The largest absolute Gasteiger partial charge is 0.399 e. The molecule has 0 unspecified atom stereocenters. The van der Waals surface area contributed by atoms with Crippen molar-refractivity contribution in [3.63, 3.8) is 0 Å². The Hall–Kier alpha value is -1.84. The van der Waals surface area contributed by atoms with Crippen molar-refractivity contribution in [3.8, 4) is 0 Å². The van der Waals surface area contributed by atoms with Gasteiger partial charge >= 0.3 is 0 Å². The van der Waals surface area contributed by atoms with Crippen molar-refractivity contribution in [1.82, 2.24) is 5.32 Å². The zero-order valence-corrected chi connectivity index (χ0v) is 9.82. The molecule has 0 bridgehead atoms. The van der Waals surface area contributed by atoms with Crippen LogP contribution < -0.4 is 11.1 Å². The molecule has 0 aliphatic carbocycles. The summed E-state index contributed by atoms with van der Waals surface area (Å²) in [6.07, 6.45) is 1.44. The second-order valence-corrected chi connectivity index (χ2v) is 4.58. The van der Waals surface area contributed by atoms with Gasteiger partial charge in [0.1, 0.15) is 0 Å². The molecule has 1 aliphatic rings. The summed E-state index contributed by atoms with van der Waals surface area (Å²) in [6, 6.07) is 7.46. The lowest BCUT2D eigenvalue weighted by Gasteiger charge is -2.35. The zero-order valence-electron chi connectivity index (χ0n) is 9.82. The average Bonchev–Trinajstić information content (AvgIpc) is 2.27. The fraction of sp³-hybridized carbons (Fsp3) is 0.385. The van der Waals surface area contributed by atoms with E-state index in [2.05, 4.69) is 5.32 Å². The van der Waals surface area contributed by atoms with Gasteiger partial charge in [0.25, 0.3) is 0 Å². The zero-order chi connectivity index (χ0) is 12.5. The SMILES string of the molecule is CCC1(c2cccc(N)c2)CC(=O)NC(=O)C1. The first kappa shape index (κ1) is 11.6. The van der Waals surface area contributed by atoms with E-state index >= 15 is 0 Å². The van der Waals surface area contributed by atoms with Gasteiger partial charge in [-0.15, -0.1) is 0 Å². The van der Waals surface area contributed by atoms with Gasteiger partial charge < -0.3 is 5.73 Å². The van der Waals surface area contributed by atoms with E-state index in [1.54, 1.807) is 6.07 Å². The van der Waals surface area contributed by atoms with Crippen molar-refractivity contribution >= 4 is 17.5 Å². The van der Waals surface area contributed by atoms with Crippen LogP contribution in [-0.2, 0) is 15.0 Å². The Bertz CT molecular complexity index is 452. The van der Waals surface area contributed by atoms with E-state index in [4.69, 9.17) is 5.73 Å². The summed E-state index contributed by atoms with van der Waals surface area (Å²) < 4.78 is 0. The standard InChI is InChI=1S/C13H16N2O2/c1-2-13(7-11(16)15-12(17)8-13)9-4-3-5-10(14)6-9/h3-6H,2,7-8,14H2,1H3,(H,15,16,17). The molecule has 2 amide bonds. The number of piperidine rings is 1. The molecule has 1 aromatic rings. The lowest BCUT2D eigenvalue weighted by Crippen LogP contribution is -2.46. The van der Waals surface area contributed by atoms with Gasteiger partial charge in [-0.05, 0) is 24.1 Å². The van der Waals surface area contributed by atoms with Gasteiger partial charge in [-0.1, -0.05) is 19.1 Å². The van der Waals surface area contributed by atoms with Crippen LogP contribution in [-0.4, -0.2) is 11.8 Å².